The Morgan fingerprint density at radius 2 is 1.89 bits per heavy atom. The van der Waals surface area contributed by atoms with E-state index in [0.29, 0.717) is 43.4 Å². The second-order valence-electron chi connectivity index (χ2n) is 6.13. The van der Waals surface area contributed by atoms with Gasteiger partial charge < -0.3 is 24.9 Å². The molecule has 0 spiro atoms. The predicted molar refractivity (Wildman–Crippen MR) is 104 cm³/mol. The van der Waals surface area contributed by atoms with Gasteiger partial charge >= 0.3 is 5.82 Å². The first-order valence-electron chi connectivity index (χ1n) is 9.27. The van der Waals surface area contributed by atoms with E-state index in [2.05, 4.69) is 10.4 Å². The minimum Gasteiger partial charge on any atom is -0.490 e. The highest BCUT2D eigenvalue weighted by molar-refractivity contribution is 5.80. The molecule has 2 rings (SSSR count). The van der Waals surface area contributed by atoms with Crippen LogP contribution in [0, 0.1) is 17.0 Å². The summed E-state index contributed by atoms with van der Waals surface area (Å²) in [7, 11) is 0. The minimum absolute atomic E-state index is 0.254. The lowest BCUT2D eigenvalue weighted by atomic mass is 10.1. The predicted octanol–water partition coefficient (Wildman–Crippen LogP) is 3.16. The van der Waals surface area contributed by atoms with E-state index in [4.69, 9.17) is 9.47 Å². The lowest BCUT2D eigenvalue weighted by Crippen LogP contribution is -2.33. The number of benzene rings is 1. The molecule has 2 aromatic rings. The van der Waals surface area contributed by atoms with Gasteiger partial charge in [0, 0.05) is 6.54 Å². The number of nitro groups is 1. The molecule has 28 heavy (non-hydrogen) atoms. The average Bonchev–Trinajstić information content (AvgIpc) is 3.05. The van der Waals surface area contributed by atoms with Gasteiger partial charge in [-0.1, -0.05) is 13.0 Å². The molecule has 0 aliphatic heterocycles. The van der Waals surface area contributed by atoms with E-state index in [0.717, 1.165) is 5.56 Å². The first-order chi connectivity index (χ1) is 13.4. The zero-order chi connectivity index (χ0) is 20.7. The smallest absolute Gasteiger partial charge is 0.390 e. The van der Waals surface area contributed by atoms with Crippen LogP contribution in [0.1, 0.15) is 44.5 Å². The van der Waals surface area contributed by atoms with Gasteiger partial charge in [0.05, 0.1) is 30.1 Å². The largest absolute Gasteiger partial charge is 0.490 e. The van der Waals surface area contributed by atoms with Crippen molar-refractivity contribution >= 4 is 11.7 Å². The molecule has 1 heterocycles. The van der Waals surface area contributed by atoms with Crippen molar-refractivity contribution in [2.45, 2.75) is 46.7 Å². The monoisotopic (exact) mass is 390 g/mol. The summed E-state index contributed by atoms with van der Waals surface area (Å²) in [5.41, 5.74) is 1.42. The molecule has 152 valence electrons. The van der Waals surface area contributed by atoms with Gasteiger partial charge in [0.1, 0.15) is 0 Å². The lowest BCUT2D eigenvalue weighted by Gasteiger charge is -2.15. The highest BCUT2D eigenvalue weighted by Gasteiger charge is 2.26. The molecule has 9 nitrogen and oxygen atoms in total. The third kappa shape index (κ3) is 4.99. The van der Waals surface area contributed by atoms with E-state index in [1.807, 2.05) is 39.0 Å². The Bertz CT molecular complexity index is 834. The maximum atomic E-state index is 12.7. The fourth-order valence-corrected chi connectivity index (χ4v) is 2.86. The number of aromatic nitrogens is 2. The number of aryl methyl sites for hydroxylation is 1. The Kier molecular flexibility index (Phi) is 7.36. The van der Waals surface area contributed by atoms with Crippen molar-refractivity contribution in [3.05, 3.63) is 45.6 Å². The molecule has 0 saturated heterocycles. The van der Waals surface area contributed by atoms with Crippen LogP contribution in [0.3, 0.4) is 0 Å². The first-order valence-corrected chi connectivity index (χ1v) is 9.27. The molecule has 1 N–H and O–H groups in total. The summed E-state index contributed by atoms with van der Waals surface area (Å²) in [6.45, 7) is 8.65. The Hall–Kier alpha value is -3.10. The molecule has 1 amide bonds. The van der Waals surface area contributed by atoms with Crippen LogP contribution in [0.4, 0.5) is 5.82 Å². The van der Waals surface area contributed by atoms with Crippen LogP contribution >= 0.6 is 0 Å². The lowest BCUT2D eigenvalue weighted by molar-refractivity contribution is -0.389. The van der Waals surface area contributed by atoms with Gasteiger partial charge in [-0.2, -0.15) is 4.68 Å². The highest BCUT2D eigenvalue weighted by Crippen LogP contribution is 2.28. The van der Waals surface area contributed by atoms with E-state index in [-0.39, 0.29) is 11.7 Å². The Balaban J connectivity index is 2.11. The maximum Gasteiger partial charge on any atom is 0.390 e. The third-order valence-electron chi connectivity index (χ3n) is 4.16. The van der Waals surface area contributed by atoms with Crippen LogP contribution < -0.4 is 14.8 Å². The molecule has 0 aliphatic carbocycles. The standard InChI is InChI=1S/C19H26N4O5/c1-5-15(22-13(4)10-18(21-22)23(25)26)19(24)20-12-14-8-9-16(27-6-2)17(11-14)28-7-3/h8-11,15H,5-7,12H2,1-4H3,(H,20,24). The normalized spacial score (nSPS) is 11.7. The van der Waals surface area contributed by atoms with Gasteiger partial charge in [0.2, 0.25) is 5.91 Å². The van der Waals surface area contributed by atoms with Crippen LogP contribution in [0.5, 0.6) is 11.5 Å². The van der Waals surface area contributed by atoms with E-state index < -0.39 is 11.0 Å². The molecule has 1 aromatic heterocycles. The second-order valence-corrected chi connectivity index (χ2v) is 6.13. The quantitative estimate of drug-likeness (QED) is 0.493. The summed E-state index contributed by atoms with van der Waals surface area (Å²) in [6.07, 6.45) is 0.457. The SMILES string of the molecule is CCOc1ccc(CNC(=O)C(CC)n2nc([N+](=O)[O-])cc2C)cc1OCC. The van der Waals surface area contributed by atoms with E-state index in [9.17, 15) is 14.9 Å². The summed E-state index contributed by atoms with van der Waals surface area (Å²) in [5.74, 6) is 0.763. The number of nitrogens with zero attached hydrogens (tertiary/aromatic N) is 3. The Labute approximate surface area is 163 Å². The summed E-state index contributed by atoms with van der Waals surface area (Å²) < 4.78 is 12.5. The summed E-state index contributed by atoms with van der Waals surface area (Å²) in [4.78, 5) is 23.0. The molecule has 0 radical (unpaired) electrons. The highest BCUT2D eigenvalue weighted by atomic mass is 16.6. The average molecular weight is 390 g/mol. The van der Waals surface area contributed by atoms with Crippen molar-refractivity contribution < 1.29 is 19.2 Å². The van der Waals surface area contributed by atoms with E-state index >= 15 is 0 Å². The molecular formula is C19H26N4O5. The molecule has 9 heteroatoms. The van der Waals surface area contributed by atoms with Crippen molar-refractivity contribution in [3.63, 3.8) is 0 Å². The summed E-state index contributed by atoms with van der Waals surface area (Å²) in [6, 6.07) is 6.24. The number of rotatable bonds is 10. The van der Waals surface area contributed by atoms with Crippen LogP contribution in [-0.2, 0) is 11.3 Å². The maximum absolute atomic E-state index is 12.7. The zero-order valence-electron chi connectivity index (χ0n) is 16.6. The topological polar surface area (TPSA) is 109 Å². The van der Waals surface area contributed by atoms with Gasteiger partial charge in [-0.25, -0.2) is 0 Å². The third-order valence-corrected chi connectivity index (χ3v) is 4.16. The molecule has 0 bridgehead atoms. The molecule has 0 fully saturated rings. The van der Waals surface area contributed by atoms with Crippen molar-refractivity contribution in [2.24, 2.45) is 0 Å². The van der Waals surface area contributed by atoms with Crippen LogP contribution in [-0.4, -0.2) is 33.8 Å². The van der Waals surface area contributed by atoms with Crippen molar-refractivity contribution in [2.75, 3.05) is 13.2 Å². The number of hydrogen-bond acceptors (Lipinski definition) is 6. The summed E-state index contributed by atoms with van der Waals surface area (Å²) in [5, 5.41) is 17.7. The Morgan fingerprint density at radius 3 is 2.46 bits per heavy atom. The van der Waals surface area contributed by atoms with Crippen LogP contribution in [0.2, 0.25) is 0 Å². The van der Waals surface area contributed by atoms with Gasteiger partial charge in [-0.15, -0.1) is 0 Å². The van der Waals surface area contributed by atoms with Crippen molar-refractivity contribution in [1.82, 2.24) is 15.1 Å². The second kappa shape index (κ2) is 9.72. The number of carbonyl (C=O) groups is 1. The van der Waals surface area contributed by atoms with Crippen LogP contribution in [0.25, 0.3) is 0 Å². The van der Waals surface area contributed by atoms with E-state index in [1.165, 1.54) is 10.7 Å². The molecule has 1 aromatic carbocycles. The van der Waals surface area contributed by atoms with Crippen molar-refractivity contribution in [1.29, 1.82) is 0 Å². The molecule has 0 aliphatic rings. The zero-order valence-corrected chi connectivity index (χ0v) is 16.6. The first kappa shape index (κ1) is 21.2. The fourth-order valence-electron chi connectivity index (χ4n) is 2.86. The fraction of sp³-hybridized carbons (Fsp3) is 0.474. The molecule has 0 saturated carbocycles. The van der Waals surface area contributed by atoms with E-state index in [1.54, 1.807) is 6.92 Å². The molecule has 1 atom stereocenters. The number of amides is 1. The number of ether oxygens (including phenoxy) is 2. The Morgan fingerprint density at radius 1 is 1.21 bits per heavy atom. The van der Waals surface area contributed by atoms with Gasteiger partial charge in [0.15, 0.2) is 17.5 Å². The van der Waals surface area contributed by atoms with Crippen LogP contribution in [0.15, 0.2) is 24.3 Å². The van der Waals surface area contributed by atoms with Gasteiger partial charge in [-0.3, -0.25) is 4.79 Å². The minimum atomic E-state index is -0.622. The van der Waals surface area contributed by atoms with Gasteiger partial charge in [-0.05, 0) is 49.8 Å². The number of carbonyl (C=O) groups excluding carboxylic acids is 1. The van der Waals surface area contributed by atoms with Crippen molar-refractivity contribution in [3.8, 4) is 11.5 Å². The summed E-state index contributed by atoms with van der Waals surface area (Å²) >= 11 is 0. The number of hydrogen-bond donors (Lipinski definition) is 1. The number of nitrogens with one attached hydrogen (secondary N) is 1. The molecule has 1 unspecified atom stereocenters. The van der Waals surface area contributed by atoms with Gasteiger partial charge in [0.25, 0.3) is 0 Å². The molecular weight excluding hydrogens is 364 g/mol.